The van der Waals surface area contributed by atoms with Crippen LogP contribution in [0.1, 0.15) is 18.9 Å². The molecule has 1 heterocycles. The predicted molar refractivity (Wildman–Crippen MR) is 68.2 cm³/mol. The van der Waals surface area contributed by atoms with Gasteiger partial charge in [0.1, 0.15) is 0 Å². The van der Waals surface area contributed by atoms with Gasteiger partial charge in [-0.1, -0.05) is 25.4 Å². The summed E-state index contributed by atoms with van der Waals surface area (Å²) in [6.07, 6.45) is -4.35. The van der Waals surface area contributed by atoms with Gasteiger partial charge in [0.05, 0.1) is 20.6 Å². The number of hydrogen-bond acceptors (Lipinski definition) is 2. The number of hydrogen-bond donors (Lipinski definition) is 0. The summed E-state index contributed by atoms with van der Waals surface area (Å²) in [6, 6.07) is 5.12. The first-order valence-corrected chi connectivity index (χ1v) is 6.50. The summed E-state index contributed by atoms with van der Waals surface area (Å²) in [7, 11) is 0. The van der Waals surface area contributed by atoms with E-state index in [0.717, 1.165) is 4.70 Å². The first-order chi connectivity index (χ1) is 8.19. The molecule has 0 saturated heterocycles. The molecule has 0 amide bonds. The summed E-state index contributed by atoms with van der Waals surface area (Å²) >= 11 is 7.09. The monoisotopic (exact) mass is 293 g/mol. The lowest BCUT2D eigenvalue weighted by Crippen LogP contribution is -2.34. The van der Waals surface area contributed by atoms with Crippen LogP contribution in [0.2, 0.25) is 5.02 Å². The van der Waals surface area contributed by atoms with E-state index in [2.05, 4.69) is 4.98 Å². The maximum absolute atomic E-state index is 12.8. The number of halogens is 4. The number of nitrogens with zero attached hydrogens (tertiary/aromatic N) is 1. The summed E-state index contributed by atoms with van der Waals surface area (Å²) in [4.78, 5) is 4.21. The highest BCUT2D eigenvalue weighted by Gasteiger charge is 2.47. The van der Waals surface area contributed by atoms with E-state index < -0.39 is 11.6 Å². The first kappa shape index (κ1) is 13.6. The van der Waals surface area contributed by atoms with Crippen molar-refractivity contribution in [3.63, 3.8) is 0 Å². The minimum Gasteiger partial charge on any atom is -0.241 e. The Kier molecular flexibility index (Phi) is 3.32. The zero-order chi connectivity index (χ0) is 13.6. The SMILES string of the molecule is CC(C)(Cc1nc2ccc(Cl)cc2s1)C(F)(F)F. The van der Waals surface area contributed by atoms with Crippen molar-refractivity contribution in [3.05, 3.63) is 28.2 Å². The molecule has 1 aromatic heterocycles. The molecule has 18 heavy (non-hydrogen) atoms. The third kappa shape index (κ3) is 2.62. The van der Waals surface area contributed by atoms with E-state index in [-0.39, 0.29) is 6.42 Å². The molecule has 2 aromatic rings. The molecule has 98 valence electrons. The van der Waals surface area contributed by atoms with Crippen LogP contribution in [0.5, 0.6) is 0 Å². The molecule has 0 spiro atoms. The fourth-order valence-electron chi connectivity index (χ4n) is 1.50. The molecule has 0 aliphatic heterocycles. The van der Waals surface area contributed by atoms with Gasteiger partial charge in [-0.05, 0) is 18.2 Å². The Morgan fingerprint density at radius 1 is 1.28 bits per heavy atom. The Morgan fingerprint density at radius 3 is 2.56 bits per heavy atom. The van der Waals surface area contributed by atoms with Crippen molar-refractivity contribution in [1.82, 2.24) is 4.98 Å². The van der Waals surface area contributed by atoms with E-state index in [9.17, 15) is 13.2 Å². The lowest BCUT2D eigenvalue weighted by atomic mass is 9.89. The van der Waals surface area contributed by atoms with Gasteiger partial charge in [-0.3, -0.25) is 0 Å². The number of thiazole rings is 1. The summed E-state index contributed by atoms with van der Waals surface area (Å²) in [5.74, 6) is 0. The molecule has 0 unspecified atom stereocenters. The van der Waals surface area contributed by atoms with Crippen molar-refractivity contribution in [2.24, 2.45) is 5.41 Å². The van der Waals surface area contributed by atoms with E-state index >= 15 is 0 Å². The van der Waals surface area contributed by atoms with Gasteiger partial charge in [-0.2, -0.15) is 13.2 Å². The molecule has 0 fully saturated rings. The quantitative estimate of drug-likeness (QED) is 0.752. The van der Waals surface area contributed by atoms with E-state index in [1.165, 1.54) is 25.2 Å². The molecular weight excluding hydrogens is 283 g/mol. The van der Waals surface area contributed by atoms with Gasteiger partial charge >= 0.3 is 6.18 Å². The van der Waals surface area contributed by atoms with Crippen LogP contribution in [0, 0.1) is 5.41 Å². The minimum absolute atomic E-state index is 0.118. The van der Waals surface area contributed by atoms with Crippen LogP contribution in [-0.2, 0) is 6.42 Å². The molecular formula is C12H11ClF3NS. The number of aromatic nitrogens is 1. The van der Waals surface area contributed by atoms with Crippen molar-refractivity contribution in [2.75, 3.05) is 0 Å². The van der Waals surface area contributed by atoms with Crippen molar-refractivity contribution in [1.29, 1.82) is 0 Å². The number of fused-ring (bicyclic) bond motifs is 1. The highest BCUT2D eigenvalue weighted by molar-refractivity contribution is 7.18. The van der Waals surface area contributed by atoms with Gasteiger partial charge in [0.25, 0.3) is 0 Å². The van der Waals surface area contributed by atoms with Crippen LogP contribution >= 0.6 is 22.9 Å². The van der Waals surface area contributed by atoms with E-state index in [1.807, 2.05) is 0 Å². The van der Waals surface area contributed by atoms with Crippen molar-refractivity contribution < 1.29 is 13.2 Å². The van der Waals surface area contributed by atoms with Gasteiger partial charge in [0.2, 0.25) is 0 Å². The molecule has 1 nitrogen and oxygen atoms in total. The van der Waals surface area contributed by atoms with Gasteiger partial charge in [0.15, 0.2) is 0 Å². The Labute approximate surface area is 112 Å². The fourth-order valence-corrected chi connectivity index (χ4v) is 2.97. The number of alkyl halides is 3. The average molecular weight is 294 g/mol. The maximum atomic E-state index is 12.8. The van der Waals surface area contributed by atoms with E-state index in [0.29, 0.717) is 15.5 Å². The minimum atomic E-state index is -4.23. The molecule has 0 bridgehead atoms. The third-order valence-electron chi connectivity index (χ3n) is 2.76. The Balaban J connectivity index is 2.33. The van der Waals surface area contributed by atoms with E-state index in [4.69, 9.17) is 11.6 Å². The molecule has 0 N–H and O–H groups in total. The van der Waals surface area contributed by atoms with Gasteiger partial charge in [-0.15, -0.1) is 11.3 Å². The lowest BCUT2D eigenvalue weighted by molar-refractivity contribution is -0.211. The van der Waals surface area contributed by atoms with Gasteiger partial charge < -0.3 is 0 Å². The lowest BCUT2D eigenvalue weighted by Gasteiger charge is -2.26. The number of benzene rings is 1. The molecule has 0 atom stereocenters. The van der Waals surface area contributed by atoms with Crippen LogP contribution in [0.3, 0.4) is 0 Å². The fraction of sp³-hybridized carbons (Fsp3) is 0.417. The largest absolute Gasteiger partial charge is 0.394 e. The smallest absolute Gasteiger partial charge is 0.241 e. The van der Waals surface area contributed by atoms with Crippen LogP contribution in [0.4, 0.5) is 13.2 Å². The van der Waals surface area contributed by atoms with E-state index in [1.54, 1.807) is 18.2 Å². The van der Waals surface area contributed by atoms with Crippen LogP contribution in [0.15, 0.2) is 18.2 Å². The summed E-state index contributed by atoms with van der Waals surface area (Å²) < 4.78 is 39.2. The van der Waals surface area contributed by atoms with Gasteiger partial charge in [0, 0.05) is 11.4 Å². The predicted octanol–water partition coefficient (Wildman–Crippen LogP) is 5.08. The zero-order valence-electron chi connectivity index (χ0n) is 9.81. The molecule has 0 aliphatic carbocycles. The second kappa shape index (κ2) is 4.38. The molecule has 0 saturated carbocycles. The normalized spacial score (nSPS) is 13.2. The van der Waals surface area contributed by atoms with Crippen molar-refractivity contribution >= 4 is 33.2 Å². The van der Waals surface area contributed by atoms with Crippen molar-refractivity contribution in [2.45, 2.75) is 26.4 Å². The topological polar surface area (TPSA) is 12.9 Å². The zero-order valence-corrected chi connectivity index (χ0v) is 11.4. The average Bonchev–Trinajstić information content (AvgIpc) is 2.56. The molecule has 2 rings (SSSR count). The first-order valence-electron chi connectivity index (χ1n) is 5.31. The molecule has 1 aromatic carbocycles. The highest BCUT2D eigenvalue weighted by atomic mass is 35.5. The molecule has 6 heteroatoms. The van der Waals surface area contributed by atoms with Crippen LogP contribution < -0.4 is 0 Å². The Morgan fingerprint density at radius 2 is 1.94 bits per heavy atom. The second-order valence-electron chi connectivity index (χ2n) is 4.78. The molecule has 0 radical (unpaired) electrons. The highest BCUT2D eigenvalue weighted by Crippen LogP contribution is 2.41. The molecule has 0 aliphatic rings. The van der Waals surface area contributed by atoms with Crippen LogP contribution in [-0.4, -0.2) is 11.2 Å². The number of rotatable bonds is 2. The second-order valence-corrected chi connectivity index (χ2v) is 6.33. The maximum Gasteiger partial charge on any atom is 0.394 e. The van der Waals surface area contributed by atoms with Gasteiger partial charge in [-0.25, -0.2) is 4.98 Å². The standard InChI is InChI=1S/C12H11ClF3NS/c1-11(2,12(14,15)16)6-10-17-8-4-3-7(13)5-9(8)18-10/h3-5H,6H2,1-2H3. The summed E-state index contributed by atoms with van der Waals surface area (Å²) in [5.41, 5.74) is -1.08. The summed E-state index contributed by atoms with van der Waals surface area (Å²) in [5, 5.41) is 1.04. The van der Waals surface area contributed by atoms with Crippen molar-refractivity contribution in [3.8, 4) is 0 Å². The third-order valence-corrected chi connectivity index (χ3v) is 4.01. The van der Waals surface area contributed by atoms with Crippen LogP contribution in [0.25, 0.3) is 10.2 Å². The summed E-state index contributed by atoms with van der Waals surface area (Å²) in [6.45, 7) is 2.37. The Bertz CT molecular complexity index is 574. The Hall–Kier alpha value is -0.810.